The summed E-state index contributed by atoms with van der Waals surface area (Å²) in [4.78, 5) is 11.4. The average Bonchev–Trinajstić information content (AvgIpc) is 2.99. The van der Waals surface area contributed by atoms with Crippen molar-refractivity contribution >= 4 is 32.0 Å². The van der Waals surface area contributed by atoms with Gasteiger partial charge in [0.25, 0.3) is 0 Å². The number of alkyl halides is 5. The third-order valence-electron chi connectivity index (χ3n) is 3.96. The summed E-state index contributed by atoms with van der Waals surface area (Å²) in [7, 11) is 1.18. The van der Waals surface area contributed by atoms with Gasteiger partial charge in [-0.2, -0.15) is 0 Å². The zero-order valence-corrected chi connectivity index (χ0v) is 16.3. The van der Waals surface area contributed by atoms with Gasteiger partial charge in [-0.3, -0.25) is 0 Å². The maximum atomic E-state index is 14.8. The van der Waals surface area contributed by atoms with E-state index < -0.39 is 42.5 Å². The third kappa shape index (κ3) is 3.54. The Morgan fingerprint density at radius 3 is 2.37 bits per heavy atom. The molecular formula is C19H15F4IO3. The zero-order valence-electron chi connectivity index (χ0n) is 14.1. The summed E-state index contributed by atoms with van der Waals surface area (Å²) >= 11 is -4.02. The van der Waals surface area contributed by atoms with E-state index in [0.717, 1.165) is 0 Å². The molecule has 3 rings (SSSR count). The molecule has 0 saturated carbocycles. The number of carbonyl (C=O) groups is 1. The summed E-state index contributed by atoms with van der Waals surface area (Å²) in [6.45, 7) is 3.55. The summed E-state index contributed by atoms with van der Waals surface area (Å²) in [6.07, 6.45) is -1.17. The molecule has 27 heavy (non-hydrogen) atoms. The monoisotopic (exact) mass is 494 g/mol. The van der Waals surface area contributed by atoms with E-state index in [1.165, 1.54) is 49.6 Å². The number of methoxy groups -OCH3 is 1. The number of ether oxygens (including phenoxy) is 1. The molecular weight excluding hydrogens is 479 g/mol. The molecule has 0 N–H and O–H groups in total. The number of benzene rings is 2. The van der Waals surface area contributed by atoms with Crippen molar-refractivity contribution in [2.75, 3.05) is 7.11 Å². The minimum atomic E-state index is -4.32. The molecule has 8 heteroatoms. The number of fused-ring (bicyclic) bond motifs is 1. The first kappa shape index (κ1) is 19.7. The van der Waals surface area contributed by atoms with Crippen molar-refractivity contribution in [1.29, 1.82) is 0 Å². The van der Waals surface area contributed by atoms with Crippen molar-refractivity contribution in [3.05, 3.63) is 75.4 Å². The van der Waals surface area contributed by atoms with Gasteiger partial charge < -0.3 is 0 Å². The van der Waals surface area contributed by atoms with Crippen LogP contribution in [0.4, 0.5) is 17.6 Å². The molecule has 0 radical (unpaired) electrons. The maximum absolute atomic E-state index is 14.8. The molecule has 0 spiro atoms. The van der Waals surface area contributed by atoms with Crippen LogP contribution in [0.25, 0.3) is 5.76 Å². The number of esters is 1. The fourth-order valence-corrected chi connectivity index (χ4v) is 7.01. The van der Waals surface area contributed by atoms with Crippen LogP contribution in [0.5, 0.6) is 0 Å². The van der Waals surface area contributed by atoms with Crippen molar-refractivity contribution in [3.63, 3.8) is 0 Å². The molecule has 0 aliphatic carbocycles. The predicted molar refractivity (Wildman–Crippen MR) is 101 cm³/mol. The van der Waals surface area contributed by atoms with Crippen LogP contribution in [0, 0.1) is 3.57 Å². The van der Waals surface area contributed by atoms with Crippen LogP contribution >= 0.6 is 20.2 Å². The van der Waals surface area contributed by atoms with Crippen molar-refractivity contribution in [2.24, 2.45) is 0 Å². The summed E-state index contributed by atoms with van der Waals surface area (Å²) < 4.78 is 64.2. The van der Waals surface area contributed by atoms with Crippen LogP contribution in [0.2, 0.25) is 0 Å². The van der Waals surface area contributed by atoms with Gasteiger partial charge in [-0.1, -0.05) is 0 Å². The molecule has 0 unspecified atom stereocenters. The van der Waals surface area contributed by atoms with Crippen molar-refractivity contribution < 1.29 is 30.2 Å². The van der Waals surface area contributed by atoms with Gasteiger partial charge in [-0.05, 0) is 0 Å². The first-order valence-corrected chi connectivity index (χ1v) is 10.8. The van der Waals surface area contributed by atoms with Crippen LogP contribution in [-0.4, -0.2) is 22.9 Å². The Hall–Kier alpha value is -2.10. The number of rotatable bonds is 5. The molecule has 2 aromatic rings. The van der Waals surface area contributed by atoms with E-state index in [4.69, 9.17) is 3.07 Å². The Kier molecular flexibility index (Phi) is 5.20. The normalized spacial score (nSPS) is 15.3. The molecule has 1 heterocycles. The fraction of sp³-hybridized carbons (Fsp3) is 0.211. The predicted octanol–water partition coefficient (Wildman–Crippen LogP) is 5.54. The van der Waals surface area contributed by atoms with Gasteiger partial charge in [0.2, 0.25) is 0 Å². The Bertz CT molecular complexity index is 881. The quantitative estimate of drug-likeness (QED) is 0.237. The zero-order chi connectivity index (χ0) is 19.8. The molecule has 0 atom stereocenters. The van der Waals surface area contributed by atoms with Crippen LogP contribution < -0.4 is 0 Å². The van der Waals surface area contributed by atoms with E-state index in [9.17, 15) is 22.4 Å². The fourth-order valence-electron chi connectivity index (χ4n) is 2.55. The molecule has 0 amide bonds. The van der Waals surface area contributed by atoms with E-state index in [1.807, 2.05) is 0 Å². The summed E-state index contributed by atoms with van der Waals surface area (Å²) in [5, 5.41) is 0. The number of carbonyl (C=O) groups excluding carboxylic acids is 1. The molecule has 144 valence electrons. The number of hydrogen-bond acceptors (Lipinski definition) is 3. The molecule has 1 aliphatic rings. The summed E-state index contributed by atoms with van der Waals surface area (Å²) in [5.74, 6) is -4.95. The van der Waals surface area contributed by atoms with Gasteiger partial charge in [-0.25, -0.2) is 0 Å². The Morgan fingerprint density at radius 1 is 1.11 bits per heavy atom. The molecule has 0 fully saturated rings. The van der Waals surface area contributed by atoms with Gasteiger partial charge in [0.15, 0.2) is 0 Å². The second-order valence-corrected chi connectivity index (χ2v) is 10.2. The molecule has 1 aliphatic heterocycles. The van der Waals surface area contributed by atoms with Gasteiger partial charge in [0.1, 0.15) is 0 Å². The summed E-state index contributed by atoms with van der Waals surface area (Å²) in [6, 6.07) is 11.0. The number of halogens is 5. The molecule has 0 aromatic heterocycles. The second kappa shape index (κ2) is 7.14. The Labute approximate surface area is 160 Å². The SMILES string of the molecule is C=C1OI(C(F)(F)C(F)(F)Cc2ccc(C(=O)OC)cc2)c2ccccc21. The van der Waals surface area contributed by atoms with Crippen molar-refractivity contribution in [2.45, 2.75) is 16.3 Å². The van der Waals surface area contributed by atoms with Crippen molar-refractivity contribution in [1.82, 2.24) is 0 Å². The molecule has 3 nitrogen and oxygen atoms in total. The van der Waals surface area contributed by atoms with Crippen LogP contribution in [0.1, 0.15) is 21.5 Å². The minimum absolute atomic E-state index is 0.00806. The van der Waals surface area contributed by atoms with E-state index in [2.05, 4.69) is 11.3 Å². The third-order valence-corrected chi connectivity index (χ3v) is 8.95. The topological polar surface area (TPSA) is 35.5 Å². The van der Waals surface area contributed by atoms with Gasteiger partial charge >= 0.3 is 161 Å². The van der Waals surface area contributed by atoms with Crippen LogP contribution in [0.15, 0.2) is 55.1 Å². The molecule has 0 bridgehead atoms. The van der Waals surface area contributed by atoms with Gasteiger partial charge in [0.05, 0.1) is 0 Å². The molecule has 0 saturated heterocycles. The first-order valence-electron chi connectivity index (χ1n) is 7.77. The van der Waals surface area contributed by atoms with E-state index in [0.29, 0.717) is 5.56 Å². The van der Waals surface area contributed by atoms with Gasteiger partial charge in [0, 0.05) is 0 Å². The molecule has 2 aromatic carbocycles. The Morgan fingerprint density at radius 2 is 1.74 bits per heavy atom. The van der Waals surface area contributed by atoms with E-state index in [1.54, 1.807) is 6.07 Å². The standard InChI is InChI=1S/C19H15F4IO3/c1-12-15-5-3-4-6-16(15)24(27-12)19(22,23)18(20,21)11-13-7-9-14(10-8-13)17(25)26-2/h3-10H,1,11H2,2H3. The van der Waals surface area contributed by atoms with Crippen LogP contribution in [-0.2, 0) is 14.2 Å². The second-order valence-electron chi connectivity index (χ2n) is 5.80. The Balaban J connectivity index is 1.85. The van der Waals surface area contributed by atoms with Crippen molar-refractivity contribution in [3.8, 4) is 0 Å². The van der Waals surface area contributed by atoms with E-state index >= 15 is 0 Å². The number of hydrogen-bond donors (Lipinski definition) is 0. The first-order chi connectivity index (χ1) is 12.7. The van der Waals surface area contributed by atoms with Gasteiger partial charge in [-0.15, -0.1) is 0 Å². The van der Waals surface area contributed by atoms with E-state index in [-0.39, 0.29) is 20.5 Å². The van der Waals surface area contributed by atoms with Crippen LogP contribution in [0.3, 0.4) is 0 Å². The average molecular weight is 494 g/mol. The summed E-state index contributed by atoms with van der Waals surface area (Å²) in [5.41, 5.74) is 0.492.